The van der Waals surface area contributed by atoms with Crippen molar-refractivity contribution < 1.29 is 9.59 Å². The van der Waals surface area contributed by atoms with Crippen LogP contribution in [0.1, 0.15) is 13.3 Å². The van der Waals surface area contributed by atoms with E-state index in [0.29, 0.717) is 25.2 Å². The zero-order valence-electron chi connectivity index (χ0n) is 9.54. The summed E-state index contributed by atoms with van der Waals surface area (Å²) in [7, 11) is 3.75. The number of carbonyl (C=O) groups excluding carboxylic acids is 2. The number of aldehydes is 1. The molecule has 1 heterocycles. The van der Waals surface area contributed by atoms with Gasteiger partial charge in [0.2, 0.25) is 5.91 Å². The van der Waals surface area contributed by atoms with Crippen molar-refractivity contribution in [3.63, 3.8) is 0 Å². The molecule has 1 saturated heterocycles. The van der Waals surface area contributed by atoms with Crippen LogP contribution in [0.4, 0.5) is 0 Å². The molecule has 0 spiro atoms. The fraction of sp³-hybridized carbons (Fsp3) is 0.700. The number of hydrogen-bond donors (Lipinski definition) is 2. The van der Waals surface area contributed by atoms with Crippen LogP contribution in [0.15, 0.2) is 0 Å². The van der Waals surface area contributed by atoms with Crippen molar-refractivity contribution in [3.05, 3.63) is 0 Å². The van der Waals surface area contributed by atoms with Gasteiger partial charge in [0.05, 0.1) is 12.5 Å². The Kier molecular flexibility index (Phi) is 6.53. The first-order valence-corrected chi connectivity index (χ1v) is 4.93. The van der Waals surface area contributed by atoms with Gasteiger partial charge in [-0.1, -0.05) is 0 Å². The monoisotopic (exact) mass is 213 g/mol. The number of likely N-dealkylation sites (tertiary alicyclic amines) is 1. The van der Waals surface area contributed by atoms with Gasteiger partial charge in [-0.25, -0.2) is 0 Å². The van der Waals surface area contributed by atoms with E-state index in [9.17, 15) is 9.59 Å². The summed E-state index contributed by atoms with van der Waals surface area (Å²) in [5, 5.41) is 10.2. The molecule has 0 radical (unpaired) electrons. The van der Waals surface area contributed by atoms with E-state index in [1.807, 2.05) is 14.1 Å². The molecule has 0 aromatic rings. The second-order valence-electron chi connectivity index (χ2n) is 3.50. The smallest absolute Gasteiger partial charge is 0.219 e. The third kappa shape index (κ3) is 4.69. The van der Waals surface area contributed by atoms with Crippen molar-refractivity contribution in [2.45, 2.75) is 13.3 Å². The van der Waals surface area contributed by atoms with E-state index in [4.69, 9.17) is 5.41 Å². The lowest BCUT2D eigenvalue weighted by molar-refractivity contribution is -0.129. The second-order valence-corrected chi connectivity index (χ2v) is 3.50. The highest BCUT2D eigenvalue weighted by Crippen LogP contribution is 2.11. The van der Waals surface area contributed by atoms with Crippen molar-refractivity contribution in [2.75, 3.05) is 27.2 Å². The molecule has 5 heteroatoms. The van der Waals surface area contributed by atoms with Crippen LogP contribution in [0.25, 0.3) is 0 Å². The minimum atomic E-state index is -0.263. The minimum Gasteiger partial charge on any atom is -0.337 e. The average Bonchev–Trinajstić information content (AvgIpc) is 2.18. The van der Waals surface area contributed by atoms with Crippen molar-refractivity contribution in [2.24, 2.45) is 5.92 Å². The molecule has 2 N–H and O–H groups in total. The normalized spacial score (nSPS) is 20.3. The van der Waals surface area contributed by atoms with Gasteiger partial charge in [0, 0.05) is 19.2 Å². The van der Waals surface area contributed by atoms with Crippen molar-refractivity contribution in [1.29, 1.82) is 5.41 Å². The molecule has 0 saturated carbocycles. The number of carbonyl (C=O) groups is 2. The maximum absolute atomic E-state index is 10.9. The lowest BCUT2D eigenvalue weighted by Crippen LogP contribution is -2.43. The molecule has 86 valence electrons. The van der Waals surface area contributed by atoms with Crippen molar-refractivity contribution in [1.82, 2.24) is 10.2 Å². The van der Waals surface area contributed by atoms with E-state index in [-0.39, 0.29) is 11.8 Å². The average molecular weight is 213 g/mol. The number of nitrogens with zero attached hydrogens (tertiary/aromatic N) is 1. The topological polar surface area (TPSA) is 73.3 Å². The van der Waals surface area contributed by atoms with Crippen LogP contribution in [0.3, 0.4) is 0 Å². The van der Waals surface area contributed by atoms with E-state index in [2.05, 4.69) is 5.32 Å². The quantitative estimate of drug-likeness (QED) is 0.598. The predicted octanol–water partition coefficient (Wildman–Crippen LogP) is -0.0909. The Morgan fingerprint density at radius 1 is 1.60 bits per heavy atom. The zero-order chi connectivity index (χ0) is 11.8. The van der Waals surface area contributed by atoms with Crippen LogP contribution in [0, 0.1) is 11.3 Å². The first-order valence-electron chi connectivity index (χ1n) is 4.93. The molecule has 0 aromatic heterocycles. The van der Waals surface area contributed by atoms with Gasteiger partial charge in [0.1, 0.15) is 6.29 Å². The Bertz CT molecular complexity index is 241. The molecule has 1 aliphatic heterocycles. The summed E-state index contributed by atoms with van der Waals surface area (Å²) in [5.74, 6) is -0.287. The largest absolute Gasteiger partial charge is 0.337 e. The number of piperidine rings is 1. The third-order valence-corrected chi connectivity index (χ3v) is 2.13. The number of rotatable bonds is 1. The molecule has 1 rings (SSSR count). The van der Waals surface area contributed by atoms with E-state index in [1.165, 1.54) is 6.92 Å². The van der Waals surface area contributed by atoms with Crippen molar-refractivity contribution in [3.8, 4) is 0 Å². The first-order chi connectivity index (χ1) is 7.06. The molecule has 0 bridgehead atoms. The highest BCUT2D eigenvalue weighted by molar-refractivity contribution is 5.98. The summed E-state index contributed by atoms with van der Waals surface area (Å²) < 4.78 is 0. The highest BCUT2D eigenvalue weighted by atomic mass is 16.2. The van der Waals surface area contributed by atoms with Gasteiger partial charge in [-0.3, -0.25) is 4.79 Å². The van der Waals surface area contributed by atoms with Crippen LogP contribution in [0.2, 0.25) is 0 Å². The summed E-state index contributed by atoms with van der Waals surface area (Å²) in [5.41, 5.74) is 0.353. The Hall–Kier alpha value is -1.23. The first kappa shape index (κ1) is 13.8. The fourth-order valence-corrected chi connectivity index (χ4v) is 1.29. The molecule has 15 heavy (non-hydrogen) atoms. The van der Waals surface area contributed by atoms with E-state index >= 15 is 0 Å². The standard InChI is InChI=1S/C8H12N2O2.C2H7N/c1-6(12)10-3-2-7(5-11)8(9)4-10;1-3-2/h5,7,9H,2-4H2,1H3;3H,1-2H3. The molecule has 1 fully saturated rings. The van der Waals surface area contributed by atoms with Gasteiger partial charge >= 0.3 is 0 Å². The van der Waals surface area contributed by atoms with Crippen molar-refractivity contribution >= 4 is 17.9 Å². The fourth-order valence-electron chi connectivity index (χ4n) is 1.29. The van der Waals surface area contributed by atoms with Gasteiger partial charge in [-0.2, -0.15) is 0 Å². The zero-order valence-corrected chi connectivity index (χ0v) is 9.54. The van der Waals surface area contributed by atoms with Crippen LogP contribution in [-0.4, -0.2) is 50.0 Å². The van der Waals surface area contributed by atoms with Crippen LogP contribution in [0.5, 0.6) is 0 Å². The summed E-state index contributed by atoms with van der Waals surface area (Å²) in [6.45, 7) is 2.40. The summed E-state index contributed by atoms with van der Waals surface area (Å²) in [6, 6.07) is 0. The Labute approximate surface area is 90.3 Å². The molecule has 1 atom stereocenters. The van der Waals surface area contributed by atoms with Crippen LogP contribution in [-0.2, 0) is 9.59 Å². The maximum Gasteiger partial charge on any atom is 0.219 e. The van der Waals surface area contributed by atoms with Crippen LogP contribution < -0.4 is 5.32 Å². The number of nitrogens with one attached hydrogen (secondary N) is 2. The van der Waals surface area contributed by atoms with Gasteiger partial charge < -0.3 is 20.4 Å². The molecule has 1 unspecified atom stereocenters. The van der Waals surface area contributed by atoms with Crippen LogP contribution >= 0.6 is 0 Å². The molecule has 0 aliphatic carbocycles. The Morgan fingerprint density at radius 3 is 2.47 bits per heavy atom. The Balaban J connectivity index is 0.000000583. The van der Waals surface area contributed by atoms with E-state index < -0.39 is 0 Å². The molecular formula is C10H19N3O2. The van der Waals surface area contributed by atoms with Gasteiger partial charge in [0.15, 0.2) is 0 Å². The summed E-state index contributed by atoms with van der Waals surface area (Å²) in [4.78, 5) is 22.9. The number of amides is 1. The van der Waals surface area contributed by atoms with Gasteiger partial charge in [-0.05, 0) is 20.5 Å². The molecule has 5 nitrogen and oxygen atoms in total. The SMILES string of the molecule is CC(=O)N1CCC(C=O)C(=N)C1.CNC. The lowest BCUT2D eigenvalue weighted by Gasteiger charge is -2.29. The molecular weight excluding hydrogens is 194 g/mol. The Morgan fingerprint density at radius 2 is 2.13 bits per heavy atom. The third-order valence-electron chi connectivity index (χ3n) is 2.13. The second kappa shape index (κ2) is 7.11. The van der Waals surface area contributed by atoms with E-state index in [0.717, 1.165) is 6.29 Å². The highest BCUT2D eigenvalue weighted by Gasteiger charge is 2.24. The molecule has 0 aromatic carbocycles. The summed E-state index contributed by atoms with van der Waals surface area (Å²) >= 11 is 0. The lowest BCUT2D eigenvalue weighted by atomic mass is 9.96. The number of hydrogen-bond acceptors (Lipinski definition) is 4. The van der Waals surface area contributed by atoms with Gasteiger partial charge in [0.25, 0.3) is 0 Å². The maximum atomic E-state index is 10.9. The molecule has 1 aliphatic rings. The predicted molar refractivity (Wildman–Crippen MR) is 59.1 cm³/mol. The summed E-state index contributed by atoms with van der Waals surface area (Å²) in [6.07, 6.45) is 1.39. The minimum absolute atomic E-state index is 0.0240. The molecule has 1 amide bonds. The van der Waals surface area contributed by atoms with E-state index in [1.54, 1.807) is 4.90 Å². The van der Waals surface area contributed by atoms with Gasteiger partial charge in [-0.15, -0.1) is 0 Å².